The van der Waals surface area contributed by atoms with Gasteiger partial charge in [-0.05, 0) is 43.7 Å². The molecule has 1 aromatic heterocycles. The highest BCUT2D eigenvalue weighted by atomic mass is 32.2. The molecule has 1 aliphatic rings. The van der Waals surface area contributed by atoms with Crippen molar-refractivity contribution in [3.05, 3.63) is 41.2 Å². The monoisotopic (exact) mass is 392 g/mol. The van der Waals surface area contributed by atoms with Gasteiger partial charge in [-0.15, -0.1) is 0 Å². The smallest absolute Gasteiger partial charge is 0.240 e. The SMILES string of the molecule is COc1ccc(S(=O)(=O)NCc2cc(C)nc(N3CCOCC3)n2)cc1C. The largest absolute Gasteiger partial charge is 0.496 e. The van der Waals surface area contributed by atoms with Crippen molar-refractivity contribution in [1.82, 2.24) is 14.7 Å². The molecule has 0 radical (unpaired) electrons. The van der Waals surface area contributed by atoms with Crippen LogP contribution in [-0.4, -0.2) is 51.8 Å². The number of morpholine rings is 1. The van der Waals surface area contributed by atoms with Gasteiger partial charge in [0.15, 0.2) is 0 Å². The van der Waals surface area contributed by atoms with E-state index < -0.39 is 10.0 Å². The Morgan fingerprint density at radius 3 is 2.59 bits per heavy atom. The van der Waals surface area contributed by atoms with Crippen LogP contribution < -0.4 is 14.4 Å². The maximum Gasteiger partial charge on any atom is 0.240 e. The molecule has 2 aromatic rings. The molecule has 0 amide bonds. The number of aryl methyl sites for hydroxylation is 2. The summed E-state index contributed by atoms with van der Waals surface area (Å²) in [6.07, 6.45) is 0. The summed E-state index contributed by atoms with van der Waals surface area (Å²) >= 11 is 0. The molecule has 1 fully saturated rings. The molecule has 0 atom stereocenters. The van der Waals surface area contributed by atoms with E-state index in [2.05, 4.69) is 14.7 Å². The number of ether oxygens (including phenoxy) is 2. The molecular formula is C18H24N4O4S. The Hall–Kier alpha value is -2.23. The van der Waals surface area contributed by atoms with Crippen molar-refractivity contribution in [1.29, 1.82) is 0 Å². The predicted octanol–water partition coefficient (Wildman–Crippen LogP) is 1.42. The van der Waals surface area contributed by atoms with Crippen molar-refractivity contribution in [2.45, 2.75) is 25.3 Å². The lowest BCUT2D eigenvalue weighted by molar-refractivity contribution is 0.122. The lowest BCUT2D eigenvalue weighted by atomic mass is 10.2. The molecule has 146 valence electrons. The summed E-state index contributed by atoms with van der Waals surface area (Å²) in [5.74, 6) is 1.25. The molecule has 9 heteroatoms. The van der Waals surface area contributed by atoms with Crippen LogP contribution in [0.25, 0.3) is 0 Å². The van der Waals surface area contributed by atoms with Crippen LogP contribution in [-0.2, 0) is 21.3 Å². The third-order valence-electron chi connectivity index (χ3n) is 4.31. The molecule has 1 aliphatic heterocycles. The third-order valence-corrected chi connectivity index (χ3v) is 5.71. The highest BCUT2D eigenvalue weighted by Crippen LogP contribution is 2.21. The summed E-state index contributed by atoms with van der Waals surface area (Å²) in [5.41, 5.74) is 2.17. The number of anilines is 1. The van der Waals surface area contributed by atoms with Crippen molar-refractivity contribution in [3.8, 4) is 5.75 Å². The van der Waals surface area contributed by atoms with Gasteiger partial charge in [0, 0.05) is 18.8 Å². The van der Waals surface area contributed by atoms with Gasteiger partial charge in [0.05, 0.1) is 37.5 Å². The summed E-state index contributed by atoms with van der Waals surface area (Å²) in [7, 11) is -2.10. The standard InChI is InChI=1S/C18H24N4O4S/c1-13-10-16(4-5-17(13)25-3)27(23,24)19-12-15-11-14(2)20-18(21-15)22-6-8-26-9-7-22/h4-5,10-11,19H,6-9,12H2,1-3H3. The van der Waals surface area contributed by atoms with Crippen molar-refractivity contribution < 1.29 is 17.9 Å². The minimum absolute atomic E-state index is 0.0914. The first-order chi connectivity index (χ1) is 12.9. The molecule has 0 unspecified atom stereocenters. The molecule has 1 aromatic carbocycles. The van der Waals surface area contributed by atoms with Crippen LogP contribution in [0.15, 0.2) is 29.2 Å². The van der Waals surface area contributed by atoms with Crippen molar-refractivity contribution >= 4 is 16.0 Å². The average molecular weight is 392 g/mol. The van der Waals surface area contributed by atoms with Crippen LogP contribution in [0.4, 0.5) is 5.95 Å². The number of rotatable bonds is 6. The van der Waals surface area contributed by atoms with Gasteiger partial charge in [0.2, 0.25) is 16.0 Å². The second-order valence-corrected chi connectivity index (χ2v) is 8.12. The van der Waals surface area contributed by atoms with Crippen LogP contribution in [0, 0.1) is 13.8 Å². The molecule has 0 saturated carbocycles. The molecule has 1 saturated heterocycles. The topological polar surface area (TPSA) is 93.7 Å². The van der Waals surface area contributed by atoms with E-state index >= 15 is 0 Å². The summed E-state index contributed by atoms with van der Waals surface area (Å²) in [4.78, 5) is 11.2. The van der Waals surface area contributed by atoms with Crippen molar-refractivity contribution in [3.63, 3.8) is 0 Å². The molecular weight excluding hydrogens is 368 g/mol. The maximum atomic E-state index is 12.6. The lowest BCUT2D eigenvalue weighted by Gasteiger charge is -2.27. The summed E-state index contributed by atoms with van der Waals surface area (Å²) in [6.45, 7) is 6.48. The van der Waals surface area contributed by atoms with Gasteiger partial charge in [0.1, 0.15) is 5.75 Å². The Morgan fingerprint density at radius 1 is 1.19 bits per heavy atom. The zero-order chi connectivity index (χ0) is 19.4. The molecule has 0 bridgehead atoms. The van der Waals surface area contributed by atoms with Gasteiger partial charge in [-0.2, -0.15) is 0 Å². The highest BCUT2D eigenvalue weighted by molar-refractivity contribution is 7.89. The first-order valence-electron chi connectivity index (χ1n) is 8.70. The van der Waals surface area contributed by atoms with Crippen molar-refractivity contribution in [2.75, 3.05) is 38.3 Å². The fourth-order valence-corrected chi connectivity index (χ4v) is 3.97. The summed E-state index contributed by atoms with van der Waals surface area (Å²) in [6, 6.07) is 6.55. The third kappa shape index (κ3) is 4.74. The van der Waals surface area contributed by atoms with Crippen LogP contribution >= 0.6 is 0 Å². The first-order valence-corrected chi connectivity index (χ1v) is 10.2. The Kier molecular flexibility index (Phi) is 5.93. The second kappa shape index (κ2) is 8.20. The van der Waals surface area contributed by atoms with Crippen LogP contribution in [0.3, 0.4) is 0 Å². The zero-order valence-electron chi connectivity index (χ0n) is 15.7. The summed E-state index contributed by atoms with van der Waals surface area (Å²) < 4.78 is 38.4. The molecule has 0 spiro atoms. The molecule has 3 rings (SSSR count). The van der Waals surface area contributed by atoms with Gasteiger partial charge in [-0.3, -0.25) is 0 Å². The van der Waals surface area contributed by atoms with Gasteiger partial charge >= 0.3 is 0 Å². The Balaban J connectivity index is 1.75. The Morgan fingerprint density at radius 2 is 1.93 bits per heavy atom. The number of sulfonamides is 1. The van der Waals surface area contributed by atoms with E-state index in [0.29, 0.717) is 30.6 Å². The second-order valence-electron chi connectivity index (χ2n) is 6.36. The molecule has 2 heterocycles. The number of nitrogens with one attached hydrogen (secondary N) is 1. The number of hydrogen-bond donors (Lipinski definition) is 1. The van der Waals surface area contributed by atoms with E-state index in [9.17, 15) is 8.42 Å². The van der Waals surface area contributed by atoms with Crippen molar-refractivity contribution in [2.24, 2.45) is 0 Å². The Bertz CT molecular complexity index is 912. The fraction of sp³-hybridized carbons (Fsp3) is 0.444. The maximum absolute atomic E-state index is 12.6. The quantitative estimate of drug-likeness (QED) is 0.794. The molecule has 8 nitrogen and oxygen atoms in total. The summed E-state index contributed by atoms with van der Waals surface area (Å²) in [5, 5.41) is 0. The zero-order valence-corrected chi connectivity index (χ0v) is 16.5. The van der Waals surface area contributed by atoms with E-state index in [1.807, 2.05) is 11.8 Å². The first kappa shape index (κ1) is 19.5. The van der Waals surface area contributed by atoms with Crippen LogP contribution in [0.2, 0.25) is 0 Å². The number of aromatic nitrogens is 2. The minimum Gasteiger partial charge on any atom is -0.496 e. The molecule has 0 aliphatic carbocycles. The van der Waals surface area contributed by atoms with Gasteiger partial charge < -0.3 is 14.4 Å². The molecule has 27 heavy (non-hydrogen) atoms. The van der Waals surface area contributed by atoms with Gasteiger partial charge in [-0.25, -0.2) is 23.1 Å². The molecule has 1 N–H and O–H groups in total. The Labute approximate surface area is 159 Å². The van der Waals surface area contributed by atoms with E-state index in [1.54, 1.807) is 32.2 Å². The predicted molar refractivity (Wildman–Crippen MR) is 102 cm³/mol. The van der Waals surface area contributed by atoms with E-state index in [-0.39, 0.29) is 11.4 Å². The van der Waals surface area contributed by atoms with Crippen LogP contribution in [0.1, 0.15) is 17.0 Å². The fourth-order valence-electron chi connectivity index (χ4n) is 2.88. The number of benzene rings is 1. The minimum atomic E-state index is -3.66. The van der Waals surface area contributed by atoms with E-state index in [1.165, 1.54) is 6.07 Å². The number of hydrogen-bond acceptors (Lipinski definition) is 7. The number of nitrogens with zero attached hydrogens (tertiary/aromatic N) is 3. The average Bonchev–Trinajstić information content (AvgIpc) is 2.67. The van der Waals surface area contributed by atoms with E-state index in [0.717, 1.165) is 24.3 Å². The number of methoxy groups -OCH3 is 1. The van der Waals surface area contributed by atoms with Gasteiger partial charge in [0.25, 0.3) is 0 Å². The lowest BCUT2D eigenvalue weighted by Crippen LogP contribution is -2.37. The van der Waals surface area contributed by atoms with Gasteiger partial charge in [-0.1, -0.05) is 0 Å². The van der Waals surface area contributed by atoms with Crippen LogP contribution in [0.5, 0.6) is 5.75 Å². The highest BCUT2D eigenvalue weighted by Gasteiger charge is 2.18. The van der Waals surface area contributed by atoms with E-state index in [4.69, 9.17) is 9.47 Å². The normalized spacial score (nSPS) is 15.0.